The highest BCUT2D eigenvalue weighted by atomic mass is 32.1. The minimum absolute atomic E-state index is 0.207. The van der Waals surface area contributed by atoms with Gasteiger partial charge >= 0.3 is 6.18 Å². The predicted octanol–water partition coefficient (Wildman–Crippen LogP) is 2.71. The van der Waals surface area contributed by atoms with E-state index in [2.05, 4.69) is 15.5 Å². The fourth-order valence-corrected chi connectivity index (χ4v) is 1.85. The fraction of sp³-hybridized carbons (Fsp3) is 0.182. The van der Waals surface area contributed by atoms with E-state index in [4.69, 9.17) is 4.74 Å². The first-order valence-electron chi connectivity index (χ1n) is 5.43. The molecule has 1 amide bonds. The van der Waals surface area contributed by atoms with Gasteiger partial charge in [0.15, 0.2) is 6.61 Å². The van der Waals surface area contributed by atoms with Crippen LogP contribution in [0.25, 0.3) is 0 Å². The molecule has 0 saturated heterocycles. The van der Waals surface area contributed by atoms with Crippen LogP contribution in [-0.2, 0) is 11.0 Å². The van der Waals surface area contributed by atoms with Crippen molar-refractivity contribution in [1.29, 1.82) is 0 Å². The molecule has 1 aromatic heterocycles. The molecule has 10 heteroatoms. The molecule has 0 spiro atoms. The molecule has 21 heavy (non-hydrogen) atoms. The first-order valence-corrected chi connectivity index (χ1v) is 6.25. The van der Waals surface area contributed by atoms with E-state index in [9.17, 15) is 22.4 Å². The smallest absolute Gasteiger partial charge is 0.445 e. The SMILES string of the molecule is O=C(COc1ccc(F)cc1)Nc1nnc(C(F)(F)F)s1. The second kappa shape index (κ2) is 6.04. The van der Waals surface area contributed by atoms with Crippen molar-refractivity contribution in [2.45, 2.75) is 6.18 Å². The predicted molar refractivity (Wildman–Crippen MR) is 65.4 cm³/mol. The Bertz CT molecular complexity index is 627. The number of amides is 1. The number of anilines is 1. The Morgan fingerprint density at radius 1 is 1.24 bits per heavy atom. The van der Waals surface area contributed by atoms with E-state index in [1.54, 1.807) is 0 Å². The number of carbonyl (C=O) groups excluding carboxylic acids is 1. The quantitative estimate of drug-likeness (QED) is 0.880. The van der Waals surface area contributed by atoms with Gasteiger partial charge in [0.25, 0.3) is 5.91 Å². The van der Waals surface area contributed by atoms with Gasteiger partial charge in [0, 0.05) is 0 Å². The van der Waals surface area contributed by atoms with Crippen molar-refractivity contribution in [2.24, 2.45) is 0 Å². The van der Waals surface area contributed by atoms with Crippen LogP contribution in [0.2, 0.25) is 0 Å². The molecular weight excluding hydrogens is 314 g/mol. The van der Waals surface area contributed by atoms with Crippen LogP contribution in [0.5, 0.6) is 5.75 Å². The van der Waals surface area contributed by atoms with Crippen molar-refractivity contribution >= 4 is 22.4 Å². The molecule has 0 atom stereocenters. The highest BCUT2D eigenvalue weighted by Gasteiger charge is 2.35. The minimum Gasteiger partial charge on any atom is -0.484 e. The lowest BCUT2D eigenvalue weighted by molar-refractivity contribution is -0.138. The number of ether oxygens (including phenoxy) is 1. The van der Waals surface area contributed by atoms with Crippen LogP contribution in [0.3, 0.4) is 0 Å². The molecule has 0 fully saturated rings. The van der Waals surface area contributed by atoms with Crippen molar-refractivity contribution in [3.63, 3.8) is 0 Å². The number of hydrogen-bond acceptors (Lipinski definition) is 5. The Labute approximate surface area is 119 Å². The van der Waals surface area contributed by atoms with E-state index >= 15 is 0 Å². The number of nitrogens with zero attached hydrogens (tertiary/aromatic N) is 2. The van der Waals surface area contributed by atoms with Crippen LogP contribution in [0.15, 0.2) is 24.3 Å². The first-order chi connectivity index (χ1) is 9.84. The number of benzene rings is 1. The van der Waals surface area contributed by atoms with Gasteiger partial charge in [-0.3, -0.25) is 10.1 Å². The van der Waals surface area contributed by atoms with E-state index in [0.29, 0.717) is 0 Å². The topological polar surface area (TPSA) is 64.1 Å². The summed E-state index contributed by atoms with van der Waals surface area (Å²) in [5.41, 5.74) is 0. The molecule has 2 rings (SSSR count). The molecule has 0 bridgehead atoms. The summed E-state index contributed by atoms with van der Waals surface area (Å²) >= 11 is 0.207. The van der Waals surface area contributed by atoms with Gasteiger partial charge in [-0.15, -0.1) is 10.2 Å². The van der Waals surface area contributed by atoms with Crippen molar-refractivity contribution < 1.29 is 27.1 Å². The lowest BCUT2D eigenvalue weighted by atomic mass is 10.3. The van der Waals surface area contributed by atoms with Gasteiger partial charge in [-0.2, -0.15) is 13.2 Å². The second-order valence-electron chi connectivity index (χ2n) is 3.70. The summed E-state index contributed by atoms with van der Waals surface area (Å²) in [7, 11) is 0. The van der Waals surface area contributed by atoms with Crippen molar-refractivity contribution in [1.82, 2.24) is 10.2 Å². The maximum atomic E-state index is 12.6. The third-order valence-corrected chi connectivity index (χ3v) is 2.98. The normalized spacial score (nSPS) is 11.2. The van der Waals surface area contributed by atoms with E-state index in [0.717, 1.165) is 12.1 Å². The summed E-state index contributed by atoms with van der Waals surface area (Å²) in [6.45, 7) is -0.452. The number of rotatable bonds is 4. The van der Waals surface area contributed by atoms with Crippen LogP contribution in [0.1, 0.15) is 5.01 Å². The molecule has 0 radical (unpaired) electrons. The van der Waals surface area contributed by atoms with Crippen LogP contribution in [0.4, 0.5) is 22.7 Å². The Morgan fingerprint density at radius 3 is 2.48 bits per heavy atom. The molecule has 0 aliphatic rings. The van der Waals surface area contributed by atoms with Gasteiger partial charge in [0.1, 0.15) is 11.6 Å². The third-order valence-electron chi connectivity index (χ3n) is 2.10. The van der Waals surface area contributed by atoms with Gasteiger partial charge in [0.05, 0.1) is 0 Å². The molecule has 0 unspecified atom stereocenters. The summed E-state index contributed by atoms with van der Waals surface area (Å²) in [4.78, 5) is 11.5. The second-order valence-corrected chi connectivity index (χ2v) is 4.68. The van der Waals surface area contributed by atoms with Crippen LogP contribution in [0, 0.1) is 5.82 Å². The number of hydrogen-bond donors (Lipinski definition) is 1. The molecule has 5 nitrogen and oxygen atoms in total. The first kappa shape index (κ1) is 15.2. The maximum absolute atomic E-state index is 12.6. The van der Waals surface area contributed by atoms with E-state index in [1.165, 1.54) is 12.1 Å². The Balaban J connectivity index is 1.87. The molecule has 0 saturated carbocycles. The number of carbonyl (C=O) groups is 1. The molecule has 1 aromatic carbocycles. The molecular formula is C11H7F4N3O2S. The molecule has 2 aromatic rings. The van der Waals surface area contributed by atoms with Gasteiger partial charge in [0.2, 0.25) is 10.1 Å². The maximum Gasteiger partial charge on any atom is 0.445 e. The zero-order valence-electron chi connectivity index (χ0n) is 10.1. The summed E-state index contributed by atoms with van der Waals surface area (Å²) in [6.07, 6.45) is -4.61. The van der Waals surface area contributed by atoms with E-state index < -0.39 is 29.5 Å². The molecule has 0 aliphatic heterocycles. The largest absolute Gasteiger partial charge is 0.484 e. The Morgan fingerprint density at radius 2 is 1.90 bits per heavy atom. The number of alkyl halides is 3. The summed E-state index contributed by atoms with van der Waals surface area (Å²) in [5, 5.41) is 6.80. The van der Waals surface area contributed by atoms with Crippen molar-refractivity contribution in [2.75, 3.05) is 11.9 Å². The van der Waals surface area contributed by atoms with Crippen LogP contribution in [-0.4, -0.2) is 22.7 Å². The molecule has 1 heterocycles. The van der Waals surface area contributed by atoms with Crippen LogP contribution < -0.4 is 10.1 Å². The van der Waals surface area contributed by atoms with Gasteiger partial charge < -0.3 is 4.74 Å². The number of nitrogens with one attached hydrogen (secondary N) is 1. The average Bonchev–Trinajstić information content (AvgIpc) is 2.86. The van der Waals surface area contributed by atoms with Gasteiger partial charge in [-0.1, -0.05) is 11.3 Å². The van der Waals surface area contributed by atoms with E-state index in [-0.39, 0.29) is 22.2 Å². The Kier molecular flexibility index (Phi) is 4.36. The van der Waals surface area contributed by atoms with E-state index in [1.807, 2.05) is 0 Å². The standard InChI is InChI=1S/C11H7F4N3O2S/c12-6-1-3-7(4-2-6)20-5-8(19)16-10-18-17-9(21-10)11(13,14)15/h1-4H,5H2,(H,16,18,19). The molecule has 1 N–H and O–H groups in total. The minimum atomic E-state index is -4.61. The lowest BCUT2D eigenvalue weighted by Gasteiger charge is -2.05. The van der Waals surface area contributed by atoms with Crippen molar-refractivity contribution in [3.8, 4) is 5.75 Å². The summed E-state index contributed by atoms with van der Waals surface area (Å²) in [6, 6.07) is 4.92. The van der Waals surface area contributed by atoms with Crippen LogP contribution >= 0.6 is 11.3 Å². The number of halogens is 4. The summed E-state index contributed by atoms with van der Waals surface area (Å²) in [5.74, 6) is -0.913. The zero-order chi connectivity index (χ0) is 15.5. The zero-order valence-corrected chi connectivity index (χ0v) is 11.0. The van der Waals surface area contributed by atoms with Crippen molar-refractivity contribution in [3.05, 3.63) is 35.1 Å². The molecule has 112 valence electrons. The summed E-state index contributed by atoms with van der Waals surface area (Å²) < 4.78 is 54.5. The lowest BCUT2D eigenvalue weighted by Crippen LogP contribution is -2.20. The highest BCUT2D eigenvalue weighted by molar-refractivity contribution is 7.15. The molecule has 0 aliphatic carbocycles. The monoisotopic (exact) mass is 321 g/mol. The fourth-order valence-electron chi connectivity index (χ4n) is 1.22. The van der Waals surface area contributed by atoms with Gasteiger partial charge in [-0.05, 0) is 24.3 Å². The number of aromatic nitrogens is 2. The Hall–Kier alpha value is -2.23. The highest BCUT2D eigenvalue weighted by Crippen LogP contribution is 2.32. The average molecular weight is 321 g/mol. The van der Waals surface area contributed by atoms with Gasteiger partial charge in [-0.25, -0.2) is 4.39 Å². The third kappa shape index (κ3) is 4.38.